The summed E-state index contributed by atoms with van der Waals surface area (Å²) in [5, 5.41) is 0. The first-order valence-corrected chi connectivity index (χ1v) is 8.27. The van der Waals surface area contributed by atoms with Crippen LogP contribution in [0.15, 0.2) is 24.3 Å². The van der Waals surface area contributed by atoms with Crippen LogP contribution >= 0.6 is 0 Å². The van der Waals surface area contributed by atoms with Crippen molar-refractivity contribution in [2.45, 2.75) is 25.2 Å². The van der Waals surface area contributed by atoms with Crippen LogP contribution in [0.25, 0.3) is 0 Å². The van der Waals surface area contributed by atoms with E-state index in [4.69, 9.17) is 4.74 Å². The van der Waals surface area contributed by atoms with E-state index in [1.807, 2.05) is 29.2 Å². The number of benzene rings is 1. The maximum Gasteiger partial charge on any atom is 0.242 e. The van der Waals surface area contributed by atoms with Crippen molar-refractivity contribution in [2.75, 3.05) is 33.8 Å². The normalized spacial score (nSPS) is 22.8. The monoisotopic (exact) mass is 316 g/mol. The lowest BCUT2D eigenvalue weighted by Gasteiger charge is -2.21. The summed E-state index contributed by atoms with van der Waals surface area (Å²) in [5.41, 5.74) is 1.17. The molecular formula is C18H24N2O3. The van der Waals surface area contributed by atoms with E-state index < -0.39 is 0 Å². The molecular weight excluding hydrogens is 292 g/mol. The second kappa shape index (κ2) is 6.60. The molecule has 0 aromatic heterocycles. The molecule has 0 N–H and O–H groups in total. The topological polar surface area (TPSA) is 49.9 Å². The minimum Gasteiger partial charge on any atom is -0.497 e. The van der Waals surface area contributed by atoms with Gasteiger partial charge in [-0.3, -0.25) is 9.59 Å². The van der Waals surface area contributed by atoms with Crippen LogP contribution in [-0.2, 0) is 9.59 Å². The van der Waals surface area contributed by atoms with Gasteiger partial charge in [-0.2, -0.15) is 0 Å². The van der Waals surface area contributed by atoms with Crippen LogP contribution in [0.4, 0.5) is 0 Å². The van der Waals surface area contributed by atoms with Crippen molar-refractivity contribution in [3.8, 4) is 5.75 Å². The Balaban J connectivity index is 1.53. The average molecular weight is 316 g/mol. The fourth-order valence-corrected chi connectivity index (χ4v) is 3.32. The third kappa shape index (κ3) is 3.49. The van der Waals surface area contributed by atoms with Crippen molar-refractivity contribution in [3.05, 3.63) is 29.8 Å². The zero-order valence-electron chi connectivity index (χ0n) is 13.8. The summed E-state index contributed by atoms with van der Waals surface area (Å²) >= 11 is 0. The first kappa shape index (κ1) is 15.8. The molecule has 5 nitrogen and oxygen atoms in total. The SMILES string of the molecule is COc1ccc([C@H]2C[C@@H]2C(=O)N(C)CC(=O)N2CCCC2)cc1. The van der Waals surface area contributed by atoms with Crippen LogP contribution < -0.4 is 4.74 Å². The maximum absolute atomic E-state index is 12.5. The van der Waals surface area contributed by atoms with Gasteiger partial charge in [-0.25, -0.2) is 0 Å². The summed E-state index contributed by atoms with van der Waals surface area (Å²) < 4.78 is 5.16. The summed E-state index contributed by atoms with van der Waals surface area (Å²) in [6.07, 6.45) is 3.02. The number of likely N-dealkylation sites (N-methyl/N-ethyl adjacent to an activating group) is 1. The zero-order valence-corrected chi connectivity index (χ0v) is 13.8. The standard InChI is InChI=1S/C18H24N2O3/c1-19(12-17(21)20-9-3-4-10-20)18(22)16-11-15(16)13-5-7-14(23-2)8-6-13/h5-8,15-16H,3-4,9-12H2,1-2H3/t15-,16+/m1/s1. The Labute approximate surface area is 137 Å². The summed E-state index contributed by atoms with van der Waals surface area (Å²) in [4.78, 5) is 28.1. The van der Waals surface area contributed by atoms with Crippen LogP contribution in [0.2, 0.25) is 0 Å². The minimum absolute atomic E-state index is 0.0137. The minimum atomic E-state index is 0.0137. The van der Waals surface area contributed by atoms with E-state index in [9.17, 15) is 9.59 Å². The highest BCUT2D eigenvalue weighted by atomic mass is 16.5. The largest absolute Gasteiger partial charge is 0.497 e. The zero-order chi connectivity index (χ0) is 16.4. The number of rotatable bonds is 5. The van der Waals surface area contributed by atoms with Gasteiger partial charge in [-0.1, -0.05) is 12.1 Å². The predicted molar refractivity (Wildman–Crippen MR) is 87.3 cm³/mol. The van der Waals surface area contributed by atoms with Gasteiger partial charge in [0.1, 0.15) is 5.75 Å². The molecule has 1 heterocycles. The van der Waals surface area contributed by atoms with Crippen LogP contribution in [0, 0.1) is 5.92 Å². The van der Waals surface area contributed by atoms with Crippen LogP contribution in [0.3, 0.4) is 0 Å². The number of ether oxygens (including phenoxy) is 1. The van der Waals surface area contributed by atoms with E-state index in [0.29, 0.717) is 0 Å². The van der Waals surface area contributed by atoms with Crippen molar-refractivity contribution in [1.29, 1.82) is 0 Å². The quantitative estimate of drug-likeness (QED) is 0.833. The highest BCUT2D eigenvalue weighted by molar-refractivity contribution is 5.88. The van der Waals surface area contributed by atoms with Crippen LogP contribution in [0.1, 0.15) is 30.7 Å². The molecule has 5 heteroatoms. The highest BCUT2D eigenvalue weighted by Crippen LogP contribution is 2.48. The molecule has 0 spiro atoms. The molecule has 2 fully saturated rings. The van der Waals surface area contributed by atoms with Gasteiger partial charge in [0.2, 0.25) is 11.8 Å². The third-order valence-corrected chi connectivity index (χ3v) is 4.86. The Morgan fingerprint density at radius 3 is 2.48 bits per heavy atom. The van der Waals surface area contributed by atoms with E-state index in [1.54, 1.807) is 19.1 Å². The Morgan fingerprint density at radius 2 is 1.87 bits per heavy atom. The van der Waals surface area contributed by atoms with Gasteiger partial charge >= 0.3 is 0 Å². The number of hydrogen-bond acceptors (Lipinski definition) is 3. The van der Waals surface area contributed by atoms with Gasteiger partial charge in [-0.05, 0) is 42.9 Å². The van der Waals surface area contributed by atoms with Gasteiger partial charge in [0.05, 0.1) is 13.7 Å². The number of likely N-dealkylation sites (tertiary alicyclic amines) is 1. The fourth-order valence-electron chi connectivity index (χ4n) is 3.32. The van der Waals surface area contributed by atoms with E-state index in [0.717, 1.165) is 38.1 Å². The molecule has 0 bridgehead atoms. The Hall–Kier alpha value is -2.04. The maximum atomic E-state index is 12.5. The van der Waals surface area contributed by atoms with Crippen molar-refractivity contribution < 1.29 is 14.3 Å². The Morgan fingerprint density at radius 1 is 1.22 bits per heavy atom. The van der Waals surface area contributed by atoms with Crippen molar-refractivity contribution in [1.82, 2.24) is 9.80 Å². The van der Waals surface area contributed by atoms with E-state index >= 15 is 0 Å². The van der Waals surface area contributed by atoms with Crippen LogP contribution in [-0.4, -0.2) is 55.4 Å². The molecule has 0 radical (unpaired) electrons. The summed E-state index contributed by atoms with van der Waals surface area (Å²) in [5.74, 6) is 1.27. The van der Waals surface area contributed by atoms with Gasteiger partial charge in [-0.15, -0.1) is 0 Å². The fraction of sp³-hybridized carbons (Fsp3) is 0.556. The average Bonchev–Trinajstić information content (AvgIpc) is 3.17. The lowest BCUT2D eigenvalue weighted by Crippen LogP contribution is -2.40. The first-order chi connectivity index (χ1) is 11.1. The molecule has 0 unspecified atom stereocenters. The van der Waals surface area contributed by atoms with Gasteiger partial charge < -0.3 is 14.5 Å². The van der Waals surface area contributed by atoms with Crippen LogP contribution in [0.5, 0.6) is 5.75 Å². The highest BCUT2D eigenvalue weighted by Gasteiger charge is 2.45. The number of amides is 2. The summed E-state index contributed by atoms with van der Waals surface area (Å²) in [7, 11) is 3.38. The molecule has 3 rings (SSSR count). The predicted octanol–water partition coefficient (Wildman–Crippen LogP) is 1.88. The molecule has 2 aliphatic rings. The molecule has 1 saturated carbocycles. The number of hydrogen-bond donors (Lipinski definition) is 0. The van der Waals surface area contributed by atoms with Crippen molar-refractivity contribution >= 4 is 11.8 Å². The van der Waals surface area contributed by atoms with Crippen molar-refractivity contribution in [2.24, 2.45) is 5.92 Å². The molecule has 1 aliphatic heterocycles. The van der Waals surface area contributed by atoms with E-state index in [1.165, 1.54) is 5.56 Å². The van der Waals surface area contributed by atoms with E-state index in [-0.39, 0.29) is 30.2 Å². The van der Waals surface area contributed by atoms with Gasteiger partial charge in [0, 0.05) is 26.1 Å². The number of methoxy groups -OCH3 is 1. The van der Waals surface area contributed by atoms with E-state index in [2.05, 4.69) is 0 Å². The summed E-state index contributed by atoms with van der Waals surface area (Å²) in [6, 6.07) is 7.89. The molecule has 2 atom stereocenters. The number of nitrogens with zero attached hydrogens (tertiary/aromatic N) is 2. The second-order valence-electron chi connectivity index (χ2n) is 6.50. The molecule has 1 aromatic carbocycles. The molecule has 124 valence electrons. The Kier molecular flexibility index (Phi) is 4.55. The lowest BCUT2D eigenvalue weighted by molar-refractivity contribution is -0.139. The molecule has 2 amide bonds. The Bertz CT molecular complexity index is 578. The first-order valence-electron chi connectivity index (χ1n) is 8.27. The molecule has 1 aromatic rings. The lowest BCUT2D eigenvalue weighted by atomic mass is 10.1. The van der Waals surface area contributed by atoms with Gasteiger partial charge in [0.15, 0.2) is 0 Å². The molecule has 1 aliphatic carbocycles. The molecule has 1 saturated heterocycles. The second-order valence-corrected chi connectivity index (χ2v) is 6.50. The van der Waals surface area contributed by atoms with Gasteiger partial charge in [0.25, 0.3) is 0 Å². The number of carbonyl (C=O) groups excluding carboxylic acids is 2. The summed E-state index contributed by atoms with van der Waals surface area (Å²) in [6.45, 7) is 1.86. The smallest absolute Gasteiger partial charge is 0.242 e. The molecule has 23 heavy (non-hydrogen) atoms. The number of carbonyl (C=O) groups is 2. The van der Waals surface area contributed by atoms with Crippen molar-refractivity contribution in [3.63, 3.8) is 0 Å². The third-order valence-electron chi connectivity index (χ3n) is 4.86.